The number of carbonyl (C=O) groups excluding carboxylic acids is 1. The lowest BCUT2D eigenvalue weighted by atomic mass is 10.1. The molecule has 0 amide bonds. The third-order valence-corrected chi connectivity index (χ3v) is 3.20. The van der Waals surface area contributed by atoms with Crippen molar-refractivity contribution in [2.75, 3.05) is 20.7 Å². The van der Waals surface area contributed by atoms with Gasteiger partial charge in [0.25, 0.3) is 0 Å². The Kier molecular flexibility index (Phi) is 6.28. The van der Waals surface area contributed by atoms with Crippen molar-refractivity contribution in [3.05, 3.63) is 34.3 Å². The lowest BCUT2D eigenvalue weighted by molar-refractivity contribution is 0.0600. The summed E-state index contributed by atoms with van der Waals surface area (Å²) >= 11 is 6.12. The number of rotatable bonds is 6. The van der Waals surface area contributed by atoms with Gasteiger partial charge in [0, 0.05) is 18.1 Å². The fourth-order valence-corrected chi connectivity index (χ4v) is 1.90. The van der Waals surface area contributed by atoms with Crippen LogP contribution in [0.4, 0.5) is 0 Å². The van der Waals surface area contributed by atoms with Crippen molar-refractivity contribution in [1.82, 2.24) is 4.90 Å². The predicted molar refractivity (Wildman–Crippen MR) is 75.4 cm³/mol. The molecular formula is C14H20ClNO3. The van der Waals surface area contributed by atoms with Crippen molar-refractivity contribution in [2.24, 2.45) is 0 Å². The molecule has 0 aliphatic carbocycles. The smallest absolute Gasteiger partial charge is 0.337 e. The Labute approximate surface area is 118 Å². The Hall–Kier alpha value is -1.10. The number of esters is 1. The fraction of sp³-hybridized carbons (Fsp3) is 0.500. The molecule has 1 rings (SSSR count). The highest BCUT2D eigenvalue weighted by Crippen LogP contribution is 2.19. The number of hydrogen-bond acceptors (Lipinski definition) is 4. The first-order valence-corrected chi connectivity index (χ1v) is 6.55. The summed E-state index contributed by atoms with van der Waals surface area (Å²) in [5.74, 6) is -0.371. The van der Waals surface area contributed by atoms with Crippen molar-refractivity contribution in [1.29, 1.82) is 0 Å². The Morgan fingerprint density at radius 3 is 2.79 bits per heavy atom. The lowest BCUT2D eigenvalue weighted by Crippen LogP contribution is -2.22. The van der Waals surface area contributed by atoms with Gasteiger partial charge in [-0.15, -0.1) is 0 Å². The molecular weight excluding hydrogens is 266 g/mol. The molecule has 0 aromatic heterocycles. The Bertz CT molecular complexity index is 435. The van der Waals surface area contributed by atoms with Crippen molar-refractivity contribution < 1.29 is 14.6 Å². The standard InChI is InChI=1S/C14H20ClNO3/c1-10(17)6-7-16(2)9-12-8-11(14(18)19-3)4-5-13(12)15/h4-5,8,10,17H,6-7,9H2,1-3H3. The molecule has 1 N–H and O–H groups in total. The van der Waals surface area contributed by atoms with Crippen molar-refractivity contribution >= 4 is 17.6 Å². The number of ether oxygens (including phenoxy) is 1. The zero-order valence-electron chi connectivity index (χ0n) is 11.5. The quantitative estimate of drug-likeness (QED) is 0.815. The van der Waals surface area contributed by atoms with E-state index in [1.807, 2.05) is 7.05 Å². The average molecular weight is 286 g/mol. The van der Waals surface area contributed by atoms with Crippen LogP contribution in [0.25, 0.3) is 0 Å². The summed E-state index contributed by atoms with van der Waals surface area (Å²) in [5, 5.41) is 9.88. The molecule has 19 heavy (non-hydrogen) atoms. The molecule has 0 fully saturated rings. The van der Waals surface area contributed by atoms with Crippen LogP contribution in [0.2, 0.25) is 5.02 Å². The van der Waals surface area contributed by atoms with E-state index < -0.39 is 0 Å². The maximum Gasteiger partial charge on any atom is 0.337 e. The molecule has 0 heterocycles. The Morgan fingerprint density at radius 1 is 1.53 bits per heavy atom. The van der Waals surface area contributed by atoms with Crippen LogP contribution in [-0.4, -0.2) is 42.8 Å². The maximum atomic E-state index is 11.5. The van der Waals surface area contributed by atoms with Gasteiger partial charge in [-0.05, 0) is 44.2 Å². The van der Waals surface area contributed by atoms with E-state index in [2.05, 4.69) is 9.64 Å². The molecule has 1 aromatic rings. The summed E-state index contributed by atoms with van der Waals surface area (Å²) in [6.45, 7) is 3.14. The molecule has 0 aliphatic heterocycles. The number of methoxy groups -OCH3 is 1. The van der Waals surface area contributed by atoms with E-state index in [4.69, 9.17) is 11.6 Å². The van der Waals surface area contributed by atoms with Gasteiger partial charge in [0.1, 0.15) is 0 Å². The van der Waals surface area contributed by atoms with Gasteiger partial charge in [-0.3, -0.25) is 0 Å². The monoisotopic (exact) mass is 285 g/mol. The van der Waals surface area contributed by atoms with Gasteiger partial charge in [0.15, 0.2) is 0 Å². The predicted octanol–water partition coefficient (Wildman–Crippen LogP) is 2.33. The first kappa shape index (κ1) is 16.0. The molecule has 5 heteroatoms. The van der Waals surface area contributed by atoms with E-state index in [1.165, 1.54) is 7.11 Å². The highest BCUT2D eigenvalue weighted by atomic mass is 35.5. The minimum Gasteiger partial charge on any atom is -0.465 e. The Balaban J connectivity index is 2.73. The summed E-state index contributed by atoms with van der Waals surface area (Å²) in [6.07, 6.45) is 0.379. The van der Waals surface area contributed by atoms with E-state index in [-0.39, 0.29) is 12.1 Å². The van der Waals surface area contributed by atoms with E-state index >= 15 is 0 Å². The van der Waals surface area contributed by atoms with E-state index in [1.54, 1.807) is 25.1 Å². The van der Waals surface area contributed by atoms with Gasteiger partial charge in [-0.1, -0.05) is 11.6 Å². The second-order valence-corrected chi connectivity index (χ2v) is 5.08. The third kappa shape index (κ3) is 5.19. The van der Waals surface area contributed by atoms with Crippen LogP contribution in [0, 0.1) is 0 Å². The third-order valence-electron chi connectivity index (χ3n) is 2.84. The highest BCUT2D eigenvalue weighted by molar-refractivity contribution is 6.31. The van der Waals surface area contributed by atoms with Crippen LogP contribution < -0.4 is 0 Å². The zero-order chi connectivity index (χ0) is 14.4. The largest absolute Gasteiger partial charge is 0.465 e. The summed E-state index contributed by atoms with van der Waals surface area (Å²) in [4.78, 5) is 13.5. The van der Waals surface area contributed by atoms with Crippen LogP contribution in [-0.2, 0) is 11.3 Å². The fourth-order valence-electron chi connectivity index (χ4n) is 1.72. The number of aliphatic hydroxyl groups is 1. The summed E-state index contributed by atoms with van der Waals surface area (Å²) in [7, 11) is 3.30. The van der Waals surface area contributed by atoms with Crippen molar-refractivity contribution in [3.63, 3.8) is 0 Å². The van der Waals surface area contributed by atoms with Gasteiger partial charge in [-0.2, -0.15) is 0 Å². The molecule has 0 spiro atoms. The molecule has 0 saturated heterocycles. The van der Waals surface area contributed by atoms with E-state index in [0.717, 1.165) is 12.1 Å². The van der Waals surface area contributed by atoms with Crippen LogP contribution in [0.15, 0.2) is 18.2 Å². The van der Waals surface area contributed by atoms with Crippen molar-refractivity contribution in [3.8, 4) is 0 Å². The summed E-state index contributed by atoms with van der Waals surface area (Å²) < 4.78 is 4.69. The number of nitrogens with zero attached hydrogens (tertiary/aromatic N) is 1. The SMILES string of the molecule is COC(=O)c1ccc(Cl)c(CN(C)CCC(C)O)c1. The number of benzene rings is 1. The van der Waals surface area contributed by atoms with Crippen LogP contribution in [0.3, 0.4) is 0 Å². The molecule has 0 radical (unpaired) electrons. The minimum atomic E-state index is -0.371. The van der Waals surface area contributed by atoms with Crippen LogP contribution in [0.5, 0.6) is 0 Å². The summed E-state index contributed by atoms with van der Waals surface area (Å²) in [6, 6.07) is 5.09. The first-order chi connectivity index (χ1) is 8.93. The van der Waals surface area contributed by atoms with Gasteiger partial charge in [0.05, 0.1) is 18.8 Å². The number of halogens is 1. The number of carbonyl (C=O) groups is 1. The normalized spacial score (nSPS) is 12.5. The average Bonchev–Trinajstić information content (AvgIpc) is 2.38. The number of hydrogen-bond donors (Lipinski definition) is 1. The van der Waals surface area contributed by atoms with Crippen molar-refractivity contribution in [2.45, 2.75) is 26.0 Å². The second kappa shape index (κ2) is 7.48. The molecule has 0 aliphatic rings. The summed E-state index contributed by atoms with van der Waals surface area (Å²) in [5.41, 5.74) is 1.36. The molecule has 1 aromatic carbocycles. The first-order valence-electron chi connectivity index (χ1n) is 6.17. The van der Waals surface area contributed by atoms with Gasteiger partial charge in [0.2, 0.25) is 0 Å². The molecule has 4 nitrogen and oxygen atoms in total. The lowest BCUT2D eigenvalue weighted by Gasteiger charge is -2.18. The second-order valence-electron chi connectivity index (χ2n) is 4.67. The molecule has 1 atom stereocenters. The maximum absolute atomic E-state index is 11.5. The van der Waals surface area contributed by atoms with E-state index in [9.17, 15) is 9.90 Å². The van der Waals surface area contributed by atoms with Gasteiger partial charge in [-0.25, -0.2) is 4.79 Å². The van der Waals surface area contributed by atoms with Gasteiger partial charge >= 0.3 is 5.97 Å². The van der Waals surface area contributed by atoms with Gasteiger partial charge < -0.3 is 14.7 Å². The number of aliphatic hydroxyl groups excluding tert-OH is 1. The molecule has 1 unspecified atom stereocenters. The molecule has 106 valence electrons. The highest BCUT2D eigenvalue weighted by Gasteiger charge is 2.11. The molecule has 0 bridgehead atoms. The van der Waals surface area contributed by atoms with E-state index in [0.29, 0.717) is 23.6 Å². The Morgan fingerprint density at radius 2 is 2.21 bits per heavy atom. The zero-order valence-corrected chi connectivity index (χ0v) is 12.3. The van der Waals surface area contributed by atoms with Crippen LogP contribution in [0.1, 0.15) is 29.3 Å². The molecule has 0 saturated carbocycles. The minimum absolute atomic E-state index is 0.320. The topological polar surface area (TPSA) is 49.8 Å². The van der Waals surface area contributed by atoms with Crippen LogP contribution >= 0.6 is 11.6 Å².